The summed E-state index contributed by atoms with van der Waals surface area (Å²) in [7, 11) is 1.68. The van der Waals surface area contributed by atoms with Gasteiger partial charge in [-0.15, -0.1) is 0 Å². The van der Waals surface area contributed by atoms with Crippen LogP contribution in [0.3, 0.4) is 0 Å². The Labute approximate surface area is 237 Å². The lowest BCUT2D eigenvalue weighted by Crippen LogP contribution is -2.30. The quantitative estimate of drug-likeness (QED) is 0.232. The molecule has 0 saturated heterocycles. The third-order valence-corrected chi connectivity index (χ3v) is 5.78. The monoisotopic (exact) mass is 537 g/mol. The fourth-order valence-electron chi connectivity index (χ4n) is 3.61. The number of carbonyl (C=O) groups excluding carboxylic acids is 1. The van der Waals surface area contributed by atoms with E-state index in [2.05, 4.69) is 30.4 Å². The van der Waals surface area contributed by atoms with Crippen LogP contribution in [0.5, 0.6) is 0 Å². The summed E-state index contributed by atoms with van der Waals surface area (Å²) in [5.41, 5.74) is 4.07. The number of allylic oxidation sites excluding steroid dienone is 3. The SMILES string of the molecule is C=C(C)N(C)C(=O)CNc1cc2c(=O)cc(Nc3ccccc3)n(-c3ccccc3)c2nc1C.C=CC=C.CC. The lowest BCUT2D eigenvalue weighted by molar-refractivity contribution is -0.126. The Bertz CT molecular complexity index is 1500. The van der Waals surface area contributed by atoms with Gasteiger partial charge in [0, 0.05) is 30.2 Å². The molecule has 0 radical (unpaired) electrons. The van der Waals surface area contributed by atoms with E-state index in [9.17, 15) is 9.59 Å². The third-order valence-electron chi connectivity index (χ3n) is 5.78. The van der Waals surface area contributed by atoms with Gasteiger partial charge in [0.05, 0.1) is 23.3 Å². The molecule has 0 unspecified atom stereocenters. The molecule has 1 amide bonds. The average Bonchev–Trinajstić information content (AvgIpc) is 2.98. The summed E-state index contributed by atoms with van der Waals surface area (Å²) in [5.74, 6) is 0.483. The normalized spacial score (nSPS) is 9.72. The van der Waals surface area contributed by atoms with E-state index in [1.54, 1.807) is 38.3 Å². The minimum Gasteiger partial charge on any atom is -0.375 e. The van der Waals surface area contributed by atoms with Crippen LogP contribution in [0.1, 0.15) is 26.5 Å². The number of anilines is 3. The molecule has 0 aliphatic carbocycles. The number of nitrogens with zero attached hydrogens (tertiary/aromatic N) is 3. The van der Waals surface area contributed by atoms with Crippen molar-refractivity contribution in [2.24, 2.45) is 0 Å². The number of aryl methyl sites for hydroxylation is 1. The van der Waals surface area contributed by atoms with E-state index in [4.69, 9.17) is 4.98 Å². The summed E-state index contributed by atoms with van der Waals surface area (Å²) in [4.78, 5) is 31.8. The van der Waals surface area contributed by atoms with Gasteiger partial charge in [-0.3, -0.25) is 14.2 Å². The second kappa shape index (κ2) is 15.5. The highest BCUT2D eigenvalue weighted by atomic mass is 16.2. The number of aromatic nitrogens is 2. The number of nitrogens with one attached hydrogen (secondary N) is 2. The standard InChI is InChI=1S/C27H27N5O2.C4H6.C2H6/c1-18(2)31(4)26(34)17-28-23-15-22-24(33)16-25(30-20-11-7-5-8-12-20)32(27(22)29-19(23)3)21-13-9-6-10-14-21;1-3-4-2;1-2/h5-16,28,30H,1,17H2,2-4H3;3-4H,1-2H2;1-2H3. The molecular formula is C33H39N5O2. The summed E-state index contributed by atoms with van der Waals surface area (Å²) in [6.07, 6.45) is 3.28. The van der Waals surface area contributed by atoms with E-state index in [0.29, 0.717) is 33.9 Å². The molecular weight excluding hydrogens is 498 g/mol. The predicted octanol–water partition coefficient (Wildman–Crippen LogP) is 7.23. The summed E-state index contributed by atoms with van der Waals surface area (Å²) in [6, 6.07) is 22.8. The largest absolute Gasteiger partial charge is 0.375 e. The molecule has 2 heterocycles. The molecule has 0 atom stereocenters. The number of hydrogen-bond donors (Lipinski definition) is 2. The Morgan fingerprint density at radius 1 is 1.00 bits per heavy atom. The van der Waals surface area contributed by atoms with Gasteiger partial charge < -0.3 is 15.5 Å². The number of para-hydroxylation sites is 2. The second-order valence-corrected chi connectivity index (χ2v) is 8.56. The summed E-state index contributed by atoms with van der Waals surface area (Å²) in [6.45, 7) is 18.2. The molecule has 0 fully saturated rings. The summed E-state index contributed by atoms with van der Waals surface area (Å²) < 4.78 is 1.93. The van der Waals surface area contributed by atoms with Gasteiger partial charge in [-0.1, -0.05) is 82.1 Å². The van der Waals surface area contributed by atoms with Gasteiger partial charge in [0.15, 0.2) is 5.43 Å². The van der Waals surface area contributed by atoms with E-state index >= 15 is 0 Å². The van der Waals surface area contributed by atoms with Crippen molar-refractivity contribution in [3.63, 3.8) is 0 Å². The summed E-state index contributed by atoms with van der Waals surface area (Å²) >= 11 is 0. The van der Waals surface area contributed by atoms with Gasteiger partial charge in [0.1, 0.15) is 11.5 Å². The van der Waals surface area contributed by atoms with Crippen LogP contribution in [0.15, 0.2) is 115 Å². The number of hydrogen-bond acceptors (Lipinski definition) is 5. The van der Waals surface area contributed by atoms with E-state index in [0.717, 1.165) is 11.4 Å². The Hall–Kier alpha value is -4.91. The first-order chi connectivity index (χ1) is 19.3. The van der Waals surface area contributed by atoms with Crippen molar-refractivity contribution in [3.8, 4) is 5.69 Å². The Balaban J connectivity index is 0.000000858. The molecule has 0 saturated carbocycles. The van der Waals surface area contributed by atoms with Crippen molar-refractivity contribution in [1.82, 2.24) is 14.5 Å². The van der Waals surface area contributed by atoms with Gasteiger partial charge in [-0.25, -0.2) is 4.98 Å². The molecule has 7 heteroatoms. The average molecular weight is 538 g/mol. The number of fused-ring (bicyclic) bond motifs is 1. The van der Waals surface area contributed by atoms with Crippen LogP contribution < -0.4 is 16.1 Å². The highest BCUT2D eigenvalue weighted by Gasteiger charge is 2.16. The molecule has 2 aromatic carbocycles. The number of benzene rings is 2. The lowest BCUT2D eigenvalue weighted by Gasteiger charge is -2.20. The Morgan fingerprint density at radius 3 is 2.12 bits per heavy atom. The molecule has 0 bridgehead atoms. The van der Waals surface area contributed by atoms with Gasteiger partial charge >= 0.3 is 0 Å². The van der Waals surface area contributed by atoms with Crippen molar-refractivity contribution in [1.29, 1.82) is 0 Å². The second-order valence-electron chi connectivity index (χ2n) is 8.56. The van der Waals surface area contributed by atoms with E-state index in [1.807, 2.05) is 86.0 Å². The first-order valence-electron chi connectivity index (χ1n) is 13.1. The van der Waals surface area contributed by atoms with E-state index < -0.39 is 0 Å². The lowest BCUT2D eigenvalue weighted by atomic mass is 10.2. The van der Waals surface area contributed by atoms with Crippen LogP contribution in [0, 0.1) is 6.92 Å². The molecule has 2 N–H and O–H groups in total. The first-order valence-corrected chi connectivity index (χ1v) is 13.1. The van der Waals surface area contributed by atoms with Crippen LogP contribution in [0.2, 0.25) is 0 Å². The van der Waals surface area contributed by atoms with Crippen molar-refractivity contribution in [2.75, 3.05) is 24.2 Å². The van der Waals surface area contributed by atoms with Crippen molar-refractivity contribution < 1.29 is 4.79 Å². The van der Waals surface area contributed by atoms with Gasteiger partial charge in [0.2, 0.25) is 5.91 Å². The molecule has 0 spiro atoms. The van der Waals surface area contributed by atoms with E-state index in [-0.39, 0.29) is 17.9 Å². The van der Waals surface area contributed by atoms with Crippen LogP contribution in [-0.2, 0) is 4.79 Å². The fraction of sp³-hybridized carbons (Fsp3) is 0.182. The minimum atomic E-state index is -0.165. The molecule has 4 aromatic rings. The zero-order chi connectivity index (χ0) is 29.7. The Morgan fingerprint density at radius 2 is 1.57 bits per heavy atom. The highest BCUT2D eigenvalue weighted by molar-refractivity contribution is 5.86. The maximum absolute atomic E-state index is 13.2. The molecule has 208 valence electrons. The number of likely N-dealkylation sites (N-methyl/N-ethyl adjacent to an activating group) is 1. The fourth-order valence-corrected chi connectivity index (χ4v) is 3.61. The van der Waals surface area contributed by atoms with Crippen molar-refractivity contribution >= 4 is 34.1 Å². The number of carbonyl (C=O) groups is 1. The summed E-state index contributed by atoms with van der Waals surface area (Å²) in [5, 5.41) is 6.93. The molecule has 2 aromatic heterocycles. The van der Waals surface area contributed by atoms with Gasteiger partial charge in [0.25, 0.3) is 0 Å². The zero-order valence-electron chi connectivity index (χ0n) is 24.1. The maximum Gasteiger partial charge on any atom is 0.245 e. The van der Waals surface area contributed by atoms with Crippen LogP contribution in [0.25, 0.3) is 16.7 Å². The van der Waals surface area contributed by atoms with Crippen LogP contribution in [0.4, 0.5) is 17.2 Å². The first kappa shape index (κ1) is 31.3. The zero-order valence-corrected chi connectivity index (χ0v) is 24.1. The smallest absolute Gasteiger partial charge is 0.245 e. The topological polar surface area (TPSA) is 79.3 Å². The number of amides is 1. The number of pyridine rings is 2. The molecule has 40 heavy (non-hydrogen) atoms. The molecule has 0 aliphatic rings. The number of rotatable bonds is 8. The van der Waals surface area contributed by atoms with Crippen LogP contribution >= 0.6 is 0 Å². The minimum absolute atomic E-state index is 0.0674. The maximum atomic E-state index is 13.2. The highest BCUT2D eigenvalue weighted by Crippen LogP contribution is 2.26. The van der Waals surface area contributed by atoms with Crippen molar-refractivity contribution in [2.45, 2.75) is 27.7 Å². The Kier molecular flexibility index (Phi) is 12.1. The predicted molar refractivity (Wildman–Crippen MR) is 170 cm³/mol. The third kappa shape index (κ3) is 8.04. The molecule has 7 nitrogen and oxygen atoms in total. The van der Waals surface area contributed by atoms with Crippen LogP contribution in [-0.4, -0.2) is 34.0 Å². The van der Waals surface area contributed by atoms with E-state index in [1.165, 1.54) is 4.90 Å². The van der Waals surface area contributed by atoms with Crippen molar-refractivity contribution in [3.05, 3.63) is 126 Å². The molecule has 4 rings (SSSR count). The molecule has 0 aliphatic heterocycles. The van der Waals surface area contributed by atoms with Gasteiger partial charge in [-0.05, 0) is 44.2 Å². The van der Waals surface area contributed by atoms with Gasteiger partial charge in [-0.2, -0.15) is 0 Å².